The molecule has 3 aliphatic heterocycles. The molecule has 2 N–H and O–H groups in total. The smallest absolute Gasteiger partial charge is 0.347 e. The van der Waals surface area contributed by atoms with Gasteiger partial charge in [-0.15, -0.1) is 0 Å². The Morgan fingerprint density at radius 1 is 1.14 bits per heavy atom. The van der Waals surface area contributed by atoms with Crippen LogP contribution in [0.1, 0.15) is 35.8 Å². The van der Waals surface area contributed by atoms with Crippen molar-refractivity contribution in [1.29, 1.82) is 0 Å². The Morgan fingerprint density at radius 2 is 1.82 bits per heavy atom. The molecule has 2 bridgehead atoms. The summed E-state index contributed by atoms with van der Waals surface area (Å²) in [4.78, 5) is 18.2. The van der Waals surface area contributed by atoms with Crippen LogP contribution >= 0.6 is 11.8 Å². The van der Waals surface area contributed by atoms with E-state index in [1.165, 1.54) is 17.8 Å². The number of hydrogen-bond donors (Lipinski definition) is 2. The summed E-state index contributed by atoms with van der Waals surface area (Å²) in [6, 6.07) is 9.91. The lowest BCUT2D eigenvalue weighted by molar-refractivity contribution is -0.141. The molecule has 8 heteroatoms. The molecular formula is C20H22F3N3OS. The Labute approximate surface area is 165 Å². The summed E-state index contributed by atoms with van der Waals surface area (Å²) in [6.07, 6.45) is -2.13. The van der Waals surface area contributed by atoms with E-state index in [-0.39, 0.29) is 11.9 Å². The van der Waals surface area contributed by atoms with Gasteiger partial charge >= 0.3 is 6.18 Å². The van der Waals surface area contributed by atoms with E-state index in [1.807, 2.05) is 0 Å². The number of halogens is 3. The van der Waals surface area contributed by atoms with Crippen LogP contribution in [0, 0.1) is 5.92 Å². The predicted molar refractivity (Wildman–Crippen MR) is 101 cm³/mol. The van der Waals surface area contributed by atoms with Crippen molar-refractivity contribution in [3.8, 4) is 0 Å². The van der Waals surface area contributed by atoms with Crippen LogP contribution in [0.5, 0.6) is 0 Å². The minimum absolute atomic E-state index is 0.0959. The van der Waals surface area contributed by atoms with Crippen molar-refractivity contribution in [2.24, 2.45) is 5.92 Å². The minimum atomic E-state index is -4.38. The van der Waals surface area contributed by atoms with Crippen molar-refractivity contribution in [1.82, 2.24) is 15.2 Å². The molecule has 4 nitrogen and oxygen atoms in total. The van der Waals surface area contributed by atoms with Crippen molar-refractivity contribution < 1.29 is 18.0 Å². The highest BCUT2D eigenvalue weighted by Crippen LogP contribution is 2.34. The highest BCUT2D eigenvalue weighted by atomic mass is 32.2. The van der Waals surface area contributed by atoms with Crippen LogP contribution in [0.4, 0.5) is 13.2 Å². The van der Waals surface area contributed by atoms with Gasteiger partial charge in [0.2, 0.25) is 0 Å². The van der Waals surface area contributed by atoms with E-state index in [0.717, 1.165) is 36.9 Å². The fraction of sp³-hybridized carbons (Fsp3) is 0.450. The number of hydrogen-bond acceptors (Lipinski definition) is 3. The van der Waals surface area contributed by atoms with Gasteiger partial charge in [0.15, 0.2) is 0 Å². The highest BCUT2D eigenvalue weighted by Gasteiger charge is 2.40. The molecule has 150 valence electrons. The van der Waals surface area contributed by atoms with Crippen LogP contribution in [0.2, 0.25) is 0 Å². The number of carbonyl (C=O) groups excluding carboxylic acids is 1. The molecule has 3 saturated heterocycles. The number of piperidine rings is 3. The number of nitrogens with one attached hydrogen (secondary N) is 2. The molecule has 0 aliphatic carbocycles. The van der Waals surface area contributed by atoms with Crippen LogP contribution in [0.3, 0.4) is 0 Å². The number of carbonyl (C=O) groups is 1. The molecule has 0 radical (unpaired) electrons. The Kier molecular flexibility index (Phi) is 5.18. The van der Waals surface area contributed by atoms with E-state index in [2.05, 4.69) is 22.1 Å². The quantitative estimate of drug-likeness (QED) is 0.787. The Balaban J connectivity index is 1.39. The third-order valence-electron chi connectivity index (χ3n) is 5.78. The molecule has 3 fully saturated rings. The monoisotopic (exact) mass is 409 g/mol. The Bertz CT molecular complexity index is 839. The van der Waals surface area contributed by atoms with Crippen molar-refractivity contribution in [3.63, 3.8) is 0 Å². The summed E-state index contributed by atoms with van der Waals surface area (Å²) in [7, 11) is 0. The predicted octanol–water partition coefficient (Wildman–Crippen LogP) is 4.40. The van der Waals surface area contributed by atoms with Crippen molar-refractivity contribution in [3.05, 3.63) is 47.7 Å². The third-order valence-corrected chi connectivity index (χ3v) is 6.75. The summed E-state index contributed by atoms with van der Waals surface area (Å²) in [6.45, 7) is 4.39. The standard InChI is InChI=1S/C20H22F3N3OS/c1-12-18(13-8-10-26(12)11-9-13)25-19(27)14-2-4-15(5-3-14)28-17-7-6-16(24-17)20(21,22)23/h2-7,12-13,18,24H,8-11H2,1H3,(H,25,27). The molecule has 28 heavy (non-hydrogen) atoms. The lowest BCUT2D eigenvalue weighted by Crippen LogP contribution is -2.62. The average molecular weight is 409 g/mol. The SMILES string of the molecule is CC1C(NC(=O)c2ccc(Sc3ccc(C(F)(F)F)[nH]3)cc2)C2CCN1CC2. The topological polar surface area (TPSA) is 48.1 Å². The number of alkyl halides is 3. The number of rotatable bonds is 4. The average Bonchev–Trinajstić information content (AvgIpc) is 3.14. The Hall–Kier alpha value is -1.93. The molecule has 0 saturated carbocycles. The molecule has 5 rings (SSSR count). The maximum atomic E-state index is 12.7. The number of fused-ring (bicyclic) bond motifs is 3. The highest BCUT2D eigenvalue weighted by molar-refractivity contribution is 7.99. The fourth-order valence-electron chi connectivity index (χ4n) is 4.18. The first kappa shape index (κ1) is 19.4. The van der Waals surface area contributed by atoms with E-state index in [1.54, 1.807) is 24.3 Å². The second-order valence-corrected chi connectivity index (χ2v) is 8.59. The van der Waals surface area contributed by atoms with Crippen LogP contribution < -0.4 is 5.32 Å². The summed E-state index contributed by atoms with van der Waals surface area (Å²) in [5.41, 5.74) is -0.201. The van der Waals surface area contributed by atoms with Gasteiger partial charge in [0.05, 0.1) is 5.03 Å². The molecule has 2 aromatic rings. The second kappa shape index (κ2) is 7.48. The summed E-state index contributed by atoms with van der Waals surface area (Å²) in [5.74, 6) is 0.441. The molecule has 1 aromatic carbocycles. The minimum Gasteiger partial charge on any atom is -0.347 e. The number of amides is 1. The molecule has 2 atom stereocenters. The molecule has 1 amide bonds. The number of aromatic amines is 1. The zero-order valence-electron chi connectivity index (χ0n) is 15.4. The molecule has 2 unspecified atom stereocenters. The van der Waals surface area contributed by atoms with E-state index in [9.17, 15) is 18.0 Å². The van der Waals surface area contributed by atoms with Gasteiger partial charge in [-0.25, -0.2) is 0 Å². The van der Waals surface area contributed by atoms with E-state index >= 15 is 0 Å². The van der Waals surface area contributed by atoms with E-state index in [4.69, 9.17) is 0 Å². The van der Waals surface area contributed by atoms with Gasteiger partial charge in [0.25, 0.3) is 5.91 Å². The van der Waals surface area contributed by atoms with Crippen LogP contribution in [0.15, 0.2) is 46.3 Å². The van der Waals surface area contributed by atoms with Crippen molar-refractivity contribution in [2.45, 2.75) is 47.9 Å². The first-order chi connectivity index (χ1) is 13.3. The first-order valence-electron chi connectivity index (χ1n) is 9.40. The maximum absolute atomic E-state index is 12.7. The van der Waals surface area contributed by atoms with E-state index in [0.29, 0.717) is 22.5 Å². The maximum Gasteiger partial charge on any atom is 0.431 e. The summed E-state index contributed by atoms with van der Waals surface area (Å²) >= 11 is 1.20. The molecule has 3 aliphatic rings. The second-order valence-electron chi connectivity index (χ2n) is 7.47. The van der Waals surface area contributed by atoms with E-state index < -0.39 is 11.9 Å². The van der Waals surface area contributed by atoms with Gasteiger partial charge in [0, 0.05) is 22.5 Å². The number of H-pyrrole nitrogens is 1. The zero-order valence-corrected chi connectivity index (χ0v) is 16.2. The normalized spacial score (nSPS) is 27.0. The van der Waals surface area contributed by atoms with Crippen LogP contribution in [-0.4, -0.2) is 41.0 Å². The van der Waals surface area contributed by atoms with Crippen molar-refractivity contribution >= 4 is 17.7 Å². The lowest BCUT2D eigenvalue weighted by atomic mass is 9.79. The summed E-state index contributed by atoms with van der Waals surface area (Å²) in [5, 5.41) is 3.59. The molecule has 1 aromatic heterocycles. The van der Waals surface area contributed by atoms with Gasteiger partial charge in [-0.1, -0.05) is 11.8 Å². The largest absolute Gasteiger partial charge is 0.431 e. The fourth-order valence-corrected chi connectivity index (χ4v) is 5.00. The van der Waals surface area contributed by atoms with Gasteiger partial charge in [-0.3, -0.25) is 9.69 Å². The van der Waals surface area contributed by atoms with Crippen LogP contribution in [0.25, 0.3) is 0 Å². The molecule has 0 spiro atoms. The number of aromatic nitrogens is 1. The van der Waals surface area contributed by atoms with Gasteiger partial charge in [-0.2, -0.15) is 13.2 Å². The zero-order chi connectivity index (χ0) is 19.9. The molecule has 4 heterocycles. The first-order valence-corrected chi connectivity index (χ1v) is 10.2. The molecular weight excluding hydrogens is 387 g/mol. The van der Waals surface area contributed by atoms with Gasteiger partial charge in [0.1, 0.15) is 5.69 Å². The van der Waals surface area contributed by atoms with Crippen LogP contribution in [-0.2, 0) is 6.18 Å². The van der Waals surface area contributed by atoms with Crippen molar-refractivity contribution in [2.75, 3.05) is 13.1 Å². The third kappa shape index (κ3) is 3.93. The lowest BCUT2D eigenvalue weighted by Gasteiger charge is -2.49. The van der Waals surface area contributed by atoms with Gasteiger partial charge < -0.3 is 10.3 Å². The summed E-state index contributed by atoms with van der Waals surface area (Å²) < 4.78 is 38.0. The number of benzene rings is 1. The number of nitrogens with zero attached hydrogens (tertiary/aromatic N) is 1. The van der Waals surface area contributed by atoms with Gasteiger partial charge in [-0.05, 0) is 75.2 Å². The Morgan fingerprint density at radius 3 is 2.39 bits per heavy atom.